The summed E-state index contributed by atoms with van der Waals surface area (Å²) in [6, 6.07) is 14.3. The van der Waals surface area contributed by atoms with E-state index in [1.807, 2.05) is 32.2 Å². The molecule has 0 spiro atoms. The van der Waals surface area contributed by atoms with Crippen LogP contribution in [-0.2, 0) is 5.41 Å². The van der Waals surface area contributed by atoms with Crippen LogP contribution >= 0.6 is 0 Å². The van der Waals surface area contributed by atoms with Crippen LogP contribution < -0.4 is 5.32 Å². The molecule has 1 aromatic heterocycles. The lowest BCUT2D eigenvalue weighted by Crippen LogP contribution is -2.42. The van der Waals surface area contributed by atoms with Crippen LogP contribution in [-0.4, -0.2) is 29.5 Å². The minimum atomic E-state index is -0.0310. The van der Waals surface area contributed by atoms with Gasteiger partial charge in [0.25, 0.3) is 0 Å². The average Bonchev–Trinajstić information content (AvgIpc) is 3.41. The van der Waals surface area contributed by atoms with Gasteiger partial charge in [-0.05, 0) is 43.0 Å². The number of nitrogens with one attached hydrogen (secondary N) is 1. The fraction of sp³-hybridized carbons (Fsp3) is 0.368. The number of hydrogen-bond acceptors (Lipinski definition) is 2. The van der Waals surface area contributed by atoms with Crippen molar-refractivity contribution >= 4 is 6.03 Å². The molecule has 1 unspecified atom stereocenters. The number of hydrogen-bond donors (Lipinski definition) is 1. The van der Waals surface area contributed by atoms with Crippen LogP contribution in [0.1, 0.15) is 36.9 Å². The Bertz CT molecular complexity index is 653. The van der Waals surface area contributed by atoms with Gasteiger partial charge < -0.3 is 10.2 Å². The second kappa shape index (κ2) is 6.41. The number of rotatable bonds is 5. The van der Waals surface area contributed by atoms with E-state index in [0.29, 0.717) is 6.54 Å². The van der Waals surface area contributed by atoms with Crippen LogP contribution in [0.15, 0.2) is 54.9 Å². The molecule has 23 heavy (non-hydrogen) atoms. The number of carbonyl (C=O) groups excluding carboxylic acids is 1. The monoisotopic (exact) mass is 309 g/mol. The van der Waals surface area contributed by atoms with Gasteiger partial charge in [-0.15, -0.1) is 0 Å². The summed E-state index contributed by atoms with van der Waals surface area (Å²) in [4.78, 5) is 18.2. The van der Waals surface area contributed by atoms with Crippen molar-refractivity contribution in [3.8, 4) is 0 Å². The molecular weight excluding hydrogens is 286 g/mol. The zero-order valence-electron chi connectivity index (χ0n) is 13.7. The third-order valence-corrected chi connectivity index (χ3v) is 4.91. The van der Waals surface area contributed by atoms with Crippen LogP contribution in [0.3, 0.4) is 0 Å². The van der Waals surface area contributed by atoms with Crippen molar-refractivity contribution in [3.05, 3.63) is 66.0 Å². The van der Waals surface area contributed by atoms with E-state index in [2.05, 4.69) is 34.6 Å². The highest BCUT2D eigenvalue weighted by Gasteiger charge is 2.44. The summed E-state index contributed by atoms with van der Waals surface area (Å²) in [5.74, 6) is 0. The Hall–Kier alpha value is -2.36. The summed E-state index contributed by atoms with van der Waals surface area (Å²) in [5, 5.41) is 3.11. The Balaban J connectivity index is 1.59. The molecule has 1 atom stereocenters. The maximum Gasteiger partial charge on any atom is 0.317 e. The maximum atomic E-state index is 12.5. The molecule has 1 fully saturated rings. The standard InChI is InChI=1S/C19H23N3O/c1-15(16-8-12-20-13-9-16)22(2)18(23)21-14-19(10-11-19)17-6-4-3-5-7-17/h3-9,12-13,15H,10-11,14H2,1-2H3,(H,21,23). The molecule has 0 aliphatic heterocycles. The summed E-state index contributed by atoms with van der Waals surface area (Å²) in [6.07, 6.45) is 5.79. The van der Waals surface area contributed by atoms with E-state index in [-0.39, 0.29) is 17.5 Å². The number of benzene rings is 1. The SMILES string of the molecule is CC(c1ccncc1)N(C)C(=O)NCC1(c2ccccc2)CC1. The van der Waals surface area contributed by atoms with Crippen LogP contribution in [0.25, 0.3) is 0 Å². The van der Waals surface area contributed by atoms with Crippen molar-refractivity contribution in [2.24, 2.45) is 0 Å². The van der Waals surface area contributed by atoms with E-state index < -0.39 is 0 Å². The van der Waals surface area contributed by atoms with Gasteiger partial charge in [0.1, 0.15) is 0 Å². The molecule has 3 rings (SSSR count). The number of aromatic nitrogens is 1. The van der Waals surface area contributed by atoms with Crippen molar-refractivity contribution in [3.63, 3.8) is 0 Å². The lowest BCUT2D eigenvalue weighted by Gasteiger charge is -2.27. The first-order valence-corrected chi connectivity index (χ1v) is 8.08. The lowest BCUT2D eigenvalue weighted by atomic mass is 9.96. The first-order valence-electron chi connectivity index (χ1n) is 8.08. The molecule has 2 aromatic rings. The maximum absolute atomic E-state index is 12.5. The molecule has 1 aromatic carbocycles. The molecule has 4 nitrogen and oxygen atoms in total. The van der Waals surface area contributed by atoms with Crippen molar-refractivity contribution in [2.45, 2.75) is 31.2 Å². The summed E-state index contributed by atoms with van der Waals surface area (Å²) in [6.45, 7) is 2.72. The zero-order valence-corrected chi connectivity index (χ0v) is 13.7. The highest BCUT2D eigenvalue weighted by Crippen LogP contribution is 2.47. The first-order chi connectivity index (χ1) is 11.1. The average molecular weight is 309 g/mol. The Labute approximate surface area is 137 Å². The van der Waals surface area contributed by atoms with E-state index in [9.17, 15) is 4.79 Å². The Kier molecular flexibility index (Phi) is 4.33. The fourth-order valence-electron chi connectivity index (χ4n) is 2.92. The van der Waals surface area contributed by atoms with Crippen LogP contribution in [0.2, 0.25) is 0 Å². The molecule has 1 heterocycles. The largest absolute Gasteiger partial charge is 0.337 e. The lowest BCUT2D eigenvalue weighted by molar-refractivity contribution is 0.193. The van der Waals surface area contributed by atoms with Gasteiger partial charge in [0, 0.05) is 31.4 Å². The minimum Gasteiger partial charge on any atom is -0.337 e. The Morgan fingerprint density at radius 1 is 1.22 bits per heavy atom. The second-order valence-corrected chi connectivity index (χ2v) is 6.37. The van der Waals surface area contributed by atoms with Crippen LogP contribution in [0, 0.1) is 0 Å². The van der Waals surface area contributed by atoms with Crippen molar-refractivity contribution in [1.82, 2.24) is 15.2 Å². The van der Waals surface area contributed by atoms with E-state index in [4.69, 9.17) is 0 Å². The molecule has 1 aliphatic rings. The van der Waals surface area contributed by atoms with Gasteiger partial charge in [0.15, 0.2) is 0 Å². The fourth-order valence-corrected chi connectivity index (χ4v) is 2.92. The number of pyridine rings is 1. The van der Waals surface area contributed by atoms with Gasteiger partial charge in [-0.1, -0.05) is 30.3 Å². The van der Waals surface area contributed by atoms with E-state index in [1.165, 1.54) is 5.56 Å². The third kappa shape index (κ3) is 3.36. The number of amides is 2. The molecule has 1 saturated carbocycles. The third-order valence-electron chi connectivity index (χ3n) is 4.91. The molecular formula is C19H23N3O. The predicted octanol–water partition coefficient (Wildman–Crippen LogP) is 3.52. The summed E-state index contributed by atoms with van der Waals surface area (Å²) < 4.78 is 0. The van der Waals surface area contributed by atoms with Gasteiger partial charge in [0.05, 0.1) is 6.04 Å². The molecule has 2 amide bonds. The number of nitrogens with zero attached hydrogens (tertiary/aromatic N) is 2. The zero-order chi connectivity index (χ0) is 16.3. The van der Waals surface area contributed by atoms with Gasteiger partial charge in [-0.3, -0.25) is 4.98 Å². The summed E-state index contributed by atoms with van der Waals surface area (Å²) >= 11 is 0. The quantitative estimate of drug-likeness (QED) is 0.918. The first kappa shape index (κ1) is 15.5. The van der Waals surface area contributed by atoms with Crippen molar-refractivity contribution < 1.29 is 4.79 Å². The van der Waals surface area contributed by atoms with Gasteiger partial charge >= 0.3 is 6.03 Å². The van der Waals surface area contributed by atoms with Gasteiger partial charge in [0.2, 0.25) is 0 Å². The molecule has 0 radical (unpaired) electrons. The van der Waals surface area contributed by atoms with Gasteiger partial charge in [-0.2, -0.15) is 0 Å². The molecule has 120 valence electrons. The van der Waals surface area contributed by atoms with Crippen LogP contribution in [0.4, 0.5) is 4.79 Å². The van der Waals surface area contributed by atoms with Gasteiger partial charge in [-0.25, -0.2) is 4.79 Å². The predicted molar refractivity (Wildman–Crippen MR) is 91.2 cm³/mol. The highest BCUT2D eigenvalue weighted by molar-refractivity contribution is 5.74. The summed E-state index contributed by atoms with van der Waals surface area (Å²) in [7, 11) is 1.84. The smallest absolute Gasteiger partial charge is 0.317 e. The molecule has 0 bridgehead atoms. The Morgan fingerprint density at radius 3 is 2.48 bits per heavy atom. The van der Waals surface area contributed by atoms with E-state index >= 15 is 0 Å². The number of carbonyl (C=O) groups is 1. The molecule has 1 N–H and O–H groups in total. The molecule has 1 aliphatic carbocycles. The van der Waals surface area contributed by atoms with E-state index in [0.717, 1.165) is 18.4 Å². The topological polar surface area (TPSA) is 45.2 Å². The number of urea groups is 1. The normalized spacial score (nSPS) is 16.4. The molecule has 0 saturated heterocycles. The van der Waals surface area contributed by atoms with Crippen molar-refractivity contribution in [1.29, 1.82) is 0 Å². The molecule has 4 heteroatoms. The van der Waals surface area contributed by atoms with Crippen LogP contribution in [0.5, 0.6) is 0 Å². The second-order valence-electron chi connectivity index (χ2n) is 6.37. The summed E-state index contributed by atoms with van der Waals surface area (Å²) in [5.41, 5.74) is 2.55. The van der Waals surface area contributed by atoms with E-state index in [1.54, 1.807) is 17.3 Å². The Morgan fingerprint density at radius 2 is 1.87 bits per heavy atom. The highest BCUT2D eigenvalue weighted by atomic mass is 16.2. The minimum absolute atomic E-state index is 0.0184. The van der Waals surface area contributed by atoms with Crippen molar-refractivity contribution in [2.75, 3.05) is 13.6 Å².